The van der Waals surface area contributed by atoms with Crippen LogP contribution in [0, 0.1) is 18.3 Å². The maximum Gasteiger partial charge on any atom is 0.272 e. The molecule has 0 spiro atoms. The third-order valence-electron chi connectivity index (χ3n) is 5.11. The second-order valence-electron chi connectivity index (χ2n) is 7.35. The van der Waals surface area contributed by atoms with Gasteiger partial charge in [-0.25, -0.2) is 0 Å². The van der Waals surface area contributed by atoms with E-state index in [1.807, 2.05) is 43.3 Å². The first-order valence-electron chi connectivity index (χ1n) is 9.87. The Balaban J connectivity index is 1.25. The molecule has 0 atom stereocenters. The van der Waals surface area contributed by atoms with Crippen molar-refractivity contribution in [2.24, 2.45) is 0 Å². The van der Waals surface area contributed by atoms with Gasteiger partial charge in [-0.1, -0.05) is 36.4 Å². The first-order chi connectivity index (χ1) is 15.0. The molecule has 2 aromatic carbocycles. The van der Waals surface area contributed by atoms with E-state index in [-0.39, 0.29) is 24.2 Å². The van der Waals surface area contributed by atoms with Gasteiger partial charge in [0.05, 0.1) is 37.0 Å². The maximum atomic E-state index is 12.3. The smallest absolute Gasteiger partial charge is 0.272 e. The fourth-order valence-corrected chi connectivity index (χ4v) is 3.25. The molecule has 0 bridgehead atoms. The molecule has 3 aromatic rings. The fraction of sp³-hybridized carbons (Fsp3) is 0.217. The zero-order chi connectivity index (χ0) is 21.8. The Bertz CT molecular complexity index is 1140. The topological polar surface area (TPSA) is 111 Å². The lowest BCUT2D eigenvalue weighted by molar-refractivity contribution is -0.138. The molecule has 0 saturated carbocycles. The monoisotopic (exact) mass is 415 g/mol. The number of aromatic nitrogens is 2. The van der Waals surface area contributed by atoms with Crippen molar-refractivity contribution in [2.45, 2.75) is 13.0 Å². The zero-order valence-corrected chi connectivity index (χ0v) is 17.0. The van der Waals surface area contributed by atoms with Crippen molar-refractivity contribution in [2.75, 3.05) is 19.6 Å². The number of hydrogen-bond donors (Lipinski definition) is 2. The summed E-state index contributed by atoms with van der Waals surface area (Å²) in [4.78, 5) is 26.3. The van der Waals surface area contributed by atoms with Gasteiger partial charge >= 0.3 is 0 Å². The number of ether oxygens (including phenoxy) is 1. The molecule has 0 unspecified atom stereocenters. The molecule has 4 rings (SSSR count). The molecule has 2 heterocycles. The van der Waals surface area contributed by atoms with E-state index in [0.29, 0.717) is 24.4 Å². The highest BCUT2D eigenvalue weighted by Gasteiger charge is 2.32. The van der Waals surface area contributed by atoms with Crippen LogP contribution in [0.5, 0.6) is 5.75 Å². The van der Waals surface area contributed by atoms with Crippen molar-refractivity contribution >= 4 is 11.8 Å². The minimum absolute atomic E-state index is 0.109. The van der Waals surface area contributed by atoms with Crippen LogP contribution in [0.1, 0.15) is 21.6 Å². The average molecular weight is 415 g/mol. The molecule has 1 fully saturated rings. The summed E-state index contributed by atoms with van der Waals surface area (Å²) in [7, 11) is 0. The molecule has 156 valence electrons. The van der Waals surface area contributed by atoms with Crippen molar-refractivity contribution in [3.8, 4) is 23.1 Å². The van der Waals surface area contributed by atoms with Gasteiger partial charge in [-0.2, -0.15) is 10.4 Å². The Labute approximate surface area is 179 Å². The number of aryl methyl sites for hydroxylation is 1. The van der Waals surface area contributed by atoms with Crippen LogP contribution in [0.25, 0.3) is 11.3 Å². The summed E-state index contributed by atoms with van der Waals surface area (Å²) < 4.78 is 5.90. The highest BCUT2D eigenvalue weighted by Crippen LogP contribution is 2.23. The van der Waals surface area contributed by atoms with Crippen molar-refractivity contribution in [1.82, 2.24) is 20.4 Å². The van der Waals surface area contributed by atoms with Crippen LogP contribution in [0.4, 0.5) is 0 Å². The maximum absolute atomic E-state index is 12.3. The zero-order valence-electron chi connectivity index (χ0n) is 17.0. The number of rotatable bonds is 6. The molecule has 8 nitrogen and oxygen atoms in total. The second kappa shape index (κ2) is 8.71. The molecule has 8 heteroatoms. The van der Waals surface area contributed by atoms with Gasteiger partial charge in [0.1, 0.15) is 11.9 Å². The number of benzene rings is 2. The van der Waals surface area contributed by atoms with E-state index < -0.39 is 5.91 Å². The SMILES string of the molecule is Cc1ccc(C#N)cc1OC1CN(C(=O)CNC(=O)c2cc(-c3ccccc3)[nH]n2)C1. The Morgan fingerprint density at radius 3 is 2.74 bits per heavy atom. The molecule has 2 amide bonds. The first-order valence-corrected chi connectivity index (χ1v) is 9.87. The largest absolute Gasteiger partial charge is 0.486 e. The van der Waals surface area contributed by atoms with Crippen LogP contribution >= 0.6 is 0 Å². The molecule has 1 aliphatic heterocycles. The lowest BCUT2D eigenvalue weighted by atomic mass is 10.1. The number of carbonyl (C=O) groups excluding carboxylic acids is 2. The number of amides is 2. The van der Waals surface area contributed by atoms with Crippen molar-refractivity contribution in [1.29, 1.82) is 5.26 Å². The van der Waals surface area contributed by atoms with Gasteiger partial charge in [0.25, 0.3) is 5.91 Å². The van der Waals surface area contributed by atoms with Gasteiger partial charge in [-0.3, -0.25) is 14.7 Å². The van der Waals surface area contributed by atoms with Crippen LogP contribution in [0.15, 0.2) is 54.6 Å². The minimum Gasteiger partial charge on any atom is -0.486 e. The number of likely N-dealkylation sites (tertiary alicyclic amines) is 1. The third kappa shape index (κ3) is 4.56. The van der Waals surface area contributed by atoms with Crippen LogP contribution < -0.4 is 10.1 Å². The lowest BCUT2D eigenvalue weighted by Crippen LogP contribution is -2.58. The van der Waals surface area contributed by atoms with Gasteiger partial charge in [-0.15, -0.1) is 0 Å². The molecule has 2 N–H and O–H groups in total. The number of nitrogens with one attached hydrogen (secondary N) is 2. The third-order valence-corrected chi connectivity index (χ3v) is 5.11. The minimum atomic E-state index is -0.413. The summed E-state index contributed by atoms with van der Waals surface area (Å²) in [5, 5.41) is 18.5. The number of H-pyrrole nitrogens is 1. The first kappa shape index (κ1) is 20.2. The van der Waals surface area contributed by atoms with E-state index in [2.05, 4.69) is 21.6 Å². The van der Waals surface area contributed by atoms with E-state index in [1.165, 1.54) is 0 Å². The Morgan fingerprint density at radius 2 is 2.00 bits per heavy atom. The summed E-state index contributed by atoms with van der Waals surface area (Å²) in [6.45, 7) is 2.67. The standard InChI is InChI=1S/C23H21N5O3/c1-15-7-8-16(11-24)9-21(15)31-18-13-28(14-18)22(29)12-25-23(30)20-10-19(26-27-20)17-5-3-2-4-6-17/h2-10,18H,12-14H2,1H3,(H,25,30)(H,26,27). The molecular weight excluding hydrogens is 394 g/mol. The number of carbonyl (C=O) groups is 2. The quantitative estimate of drug-likeness (QED) is 0.642. The summed E-state index contributed by atoms with van der Waals surface area (Å²) >= 11 is 0. The van der Waals surface area contributed by atoms with E-state index >= 15 is 0 Å². The lowest BCUT2D eigenvalue weighted by Gasteiger charge is -2.39. The Kier molecular flexibility index (Phi) is 5.67. The summed E-state index contributed by atoms with van der Waals surface area (Å²) in [6, 6.07) is 18.6. The van der Waals surface area contributed by atoms with E-state index in [0.717, 1.165) is 16.8 Å². The molecular formula is C23H21N5O3. The van der Waals surface area contributed by atoms with Gasteiger partial charge < -0.3 is 15.0 Å². The normalized spacial score (nSPS) is 13.2. The van der Waals surface area contributed by atoms with Crippen molar-refractivity contribution < 1.29 is 14.3 Å². The van der Waals surface area contributed by atoms with E-state index in [9.17, 15) is 9.59 Å². The molecule has 0 radical (unpaired) electrons. The predicted octanol–water partition coefficient (Wildman–Crippen LogP) is 2.28. The number of aromatic amines is 1. The highest BCUT2D eigenvalue weighted by atomic mass is 16.5. The van der Waals surface area contributed by atoms with E-state index in [1.54, 1.807) is 23.1 Å². The van der Waals surface area contributed by atoms with Crippen molar-refractivity contribution in [3.63, 3.8) is 0 Å². The Hall–Kier alpha value is -4.12. The van der Waals surface area contributed by atoms with Gasteiger partial charge in [0, 0.05) is 0 Å². The summed E-state index contributed by atoms with van der Waals surface area (Å²) in [6.07, 6.45) is -0.132. The predicted molar refractivity (Wildman–Crippen MR) is 113 cm³/mol. The van der Waals surface area contributed by atoms with Gasteiger partial charge in [-0.05, 0) is 36.2 Å². The molecule has 0 aliphatic carbocycles. The van der Waals surface area contributed by atoms with Crippen LogP contribution in [0.2, 0.25) is 0 Å². The molecule has 31 heavy (non-hydrogen) atoms. The molecule has 1 aliphatic rings. The molecule has 1 aromatic heterocycles. The summed E-state index contributed by atoms with van der Waals surface area (Å²) in [5.41, 5.74) is 3.35. The van der Waals surface area contributed by atoms with Gasteiger partial charge in [0.2, 0.25) is 5.91 Å². The average Bonchev–Trinajstić information content (AvgIpc) is 3.26. The van der Waals surface area contributed by atoms with E-state index in [4.69, 9.17) is 10.00 Å². The number of nitrogens with zero attached hydrogens (tertiary/aromatic N) is 3. The summed E-state index contributed by atoms with van der Waals surface area (Å²) in [5.74, 6) is 0.0516. The fourth-order valence-electron chi connectivity index (χ4n) is 3.25. The number of hydrogen-bond acceptors (Lipinski definition) is 5. The van der Waals surface area contributed by atoms with Gasteiger partial charge in [0.15, 0.2) is 5.69 Å². The number of nitriles is 1. The van der Waals surface area contributed by atoms with Crippen molar-refractivity contribution in [3.05, 3.63) is 71.4 Å². The molecule has 1 saturated heterocycles. The highest BCUT2D eigenvalue weighted by molar-refractivity contribution is 5.95. The van der Waals surface area contributed by atoms with Crippen LogP contribution in [0.3, 0.4) is 0 Å². The van der Waals surface area contributed by atoms with Crippen LogP contribution in [-0.2, 0) is 4.79 Å². The second-order valence-corrected chi connectivity index (χ2v) is 7.35. The van der Waals surface area contributed by atoms with Crippen LogP contribution in [-0.4, -0.2) is 52.6 Å². The Morgan fingerprint density at radius 1 is 1.23 bits per heavy atom.